The Morgan fingerprint density at radius 3 is 2.81 bits per heavy atom. The standard InChI is InChI=1S/C10H14N6/c11-2-1-9-12-10(14-13-9)8-7-15-3-5-16(8)6-4-15/h8H,1,3-7H2,(H,12,13,14). The van der Waals surface area contributed by atoms with Gasteiger partial charge in [0.05, 0.1) is 18.5 Å². The van der Waals surface area contributed by atoms with E-state index >= 15 is 0 Å². The van der Waals surface area contributed by atoms with Crippen LogP contribution in [0.1, 0.15) is 17.7 Å². The summed E-state index contributed by atoms with van der Waals surface area (Å²) >= 11 is 0. The fraction of sp³-hybridized carbons (Fsp3) is 0.700. The number of nitrogens with zero attached hydrogens (tertiary/aromatic N) is 5. The van der Waals surface area contributed by atoms with Gasteiger partial charge in [-0.3, -0.25) is 14.9 Å². The Morgan fingerprint density at radius 1 is 1.38 bits per heavy atom. The Hall–Kier alpha value is -1.45. The molecule has 3 saturated heterocycles. The largest absolute Gasteiger partial charge is 0.299 e. The summed E-state index contributed by atoms with van der Waals surface area (Å²) < 4.78 is 0. The summed E-state index contributed by atoms with van der Waals surface area (Å²) in [6, 6.07) is 2.39. The second kappa shape index (κ2) is 3.85. The minimum atomic E-state index is 0.309. The van der Waals surface area contributed by atoms with Gasteiger partial charge in [-0.25, -0.2) is 4.98 Å². The Labute approximate surface area is 93.9 Å². The van der Waals surface area contributed by atoms with Crippen LogP contribution in [0.3, 0.4) is 0 Å². The van der Waals surface area contributed by atoms with E-state index in [9.17, 15) is 0 Å². The molecule has 16 heavy (non-hydrogen) atoms. The molecule has 0 amide bonds. The number of hydrogen-bond acceptors (Lipinski definition) is 5. The average molecular weight is 218 g/mol. The maximum absolute atomic E-state index is 8.59. The van der Waals surface area contributed by atoms with E-state index in [4.69, 9.17) is 5.26 Å². The van der Waals surface area contributed by atoms with Gasteiger partial charge in [-0.2, -0.15) is 10.4 Å². The van der Waals surface area contributed by atoms with Gasteiger partial charge in [0.15, 0.2) is 5.82 Å². The molecular formula is C10H14N6. The van der Waals surface area contributed by atoms with Crippen molar-refractivity contribution in [2.75, 3.05) is 32.7 Å². The molecule has 2 bridgehead atoms. The van der Waals surface area contributed by atoms with Crippen LogP contribution in [0.4, 0.5) is 0 Å². The van der Waals surface area contributed by atoms with Gasteiger partial charge in [-0.05, 0) is 0 Å². The third-order valence-electron chi connectivity index (χ3n) is 3.37. The van der Waals surface area contributed by atoms with Gasteiger partial charge in [-0.1, -0.05) is 0 Å². The number of piperazine rings is 3. The molecule has 0 aromatic carbocycles. The zero-order valence-corrected chi connectivity index (χ0v) is 9.06. The molecule has 3 aliphatic rings. The molecule has 0 aliphatic carbocycles. The van der Waals surface area contributed by atoms with E-state index in [2.05, 4.69) is 31.1 Å². The number of hydrogen-bond donors (Lipinski definition) is 1. The maximum atomic E-state index is 8.59. The summed E-state index contributed by atoms with van der Waals surface area (Å²) in [6.45, 7) is 5.54. The molecule has 4 heterocycles. The van der Waals surface area contributed by atoms with Crippen LogP contribution in [0.5, 0.6) is 0 Å². The van der Waals surface area contributed by atoms with Gasteiger partial charge in [0.25, 0.3) is 0 Å². The Kier molecular flexibility index (Phi) is 2.35. The van der Waals surface area contributed by atoms with Crippen molar-refractivity contribution in [2.45, 2.75) is 12.5 Å². The van der Waals surface area contributed by atoms with Crippen LogP contribution in [0.2, 0.25) is 0 Å². The summed E-state index contributed by atoms with van der Waals surface area (Å²) in [5.41, 5.74) is 0. The fourth-order valence-corrected chi connectivity index (χ4v) is 2.48. The summed E-state index contributed by atoms with van der Waals surface area (Å²) in [6.07, 6.45) is 0.309. The van der Waals surface area contributed by atoms with E-state index in [0.717, 1.165) is 38.5 Å². The third-order valence-corrected chi connectivity index (χ3v) is 3.37. The minimum absolute atomic E-state index is 0.309. The van der Waals surface area contributed by atoms with Crippen molar-refractivity contribution in [1.29, 1.82) is 5.26 Å². The highest BCUT2D eigenvalue weighted by molar-refractivity contribution is 5.04. The molecule has 4 rings (SSSR count). The van der Waals surface area contributed by atoms with Crippen LogP contribution < -0.4 is 0 Å². The number of aromatic nitrogens is 3. The predicted molar refractivity (Wildman–Crippen MR) is 56.5 cm³/mol. The van der Waals surface area contributed by atoms with Gasteiger partial charge in [-0.15, -0.1) is 0 Å². The molecule has 1 unspecified atom stereocenters. The van der Waals surface area contributed by atoms with Crippen LogP contribution >= 0.6 is 0 Å². The molecule has 3 fully saturated rings. The fourth-order valence-electron chi connectivity index (χ4n) is 2.48. The molecule has 3 aliphatic heterocycles. The second-order valence-electron chi connectivity index (χ2n) is 4.33. The lowest BCUT2D eigenvalue weighted by atomic mass is 10.1. The van der Waals surface area contributed by atoms with Crippen LogP contribution in [0.25, 0.3) is 0 Å². The van der Waals surface area contributed by atoms with Crippen molar-refractivity contribution >= 4 is 0 Å². The summed E-state index contributed by atoms with van der Waals surface area (Å²) in [7, 11) is 0. The normalized spacial score (nSPS) is 32.6. The van der Waals surface area contributed by atoms with Gasteiger partial charge >= 0.3 is 0 Å². The monoisotopic (exact) mass is 218 g/mol. The lowest BCUT2D eigenvalue weighted by molar-refractivity contribution is 0.00878. The Balaban J connectivity index is 1.79. The zero-order valence-electron chi connectivity index (χ0n) is 9.06. The van der Waals surface area contributed by atoms with Gasteiger partial charge in [0.1, 0.15) is 5.82 Å². The molecule has 1 atom stereocenters. The van der Waals surface area contributed by atoms with E-state index in [1.54, 1.807) is 0 Å². The highest BCUT2D eigenvalue weighted by Crippen LogP contribution is 2.26. The zero-order chi connectivity index (χ0) is 11.0. The van der Waals surface area contributed by atoms with Crippen LogP contribution in [0, 0.1) is 11.3 Å². The van der Waals surface area contributed by atoms with Crippen molar-refractivity contribution < 1.29 is 0 Å². The molecular weight excluding hydrogens is 204 g/mol. The van der Waals surface area contributed by atoms with Crippen LogP contribution in [-0.4, -0.2) is 57.7 Å². The number of nitriles is 1. The number of nitrogens with one attached hydrogen (secondary N) is 1. The van der Waals surface area contributed by atoms with E-state index < -0.39 is 0 Å². The van der Waals surface area contributed by atoms with Crippen molar-refractivity contribution in [3.05, 3.63) is 11.6 Å². The number of rotatable bonds is 2. The van der Waals surface area contributed by atoms with Crippen LogP contribution in [0.15, 0.2) is 0 Å². The van der Waals surface area contributed by atoms with Gasteiger partial charge in [0, 0.05) is 32.7 Å². The molecule has 6 heteroatoms. The Bertz CT molecular complexity index is 411. The number of fused-ring (bicyclic) bond motifs is 3. The molecule has 1 N–H and O–H groups in total. The van der Waals surface area contributed by atoms with Crippen molar-refractivity contribution in [2.24, 2.45) is 0 Å². The van der Waals surface area contributed by atoms with Crippen molar-refractivity contribution in [3.63, 3.8) is 0 Å². The third kappa shape index (κ3) is 1.58. The lowest BCUT2D eigenvalue weighted by Crippen LogP contribution is -2.57. The second-order valence-corrected chi connectivity index (χ2v) is 4.33. The molecule has 1 aromatic heterocycles. The first-order valence-corrected chi connectivity index (χ1v) is 5.61. The molecule has 84 valence electrons. The highest BCUT2D eigenvalue weighted by Gasteiger charge is 2.34. The average Bonchev–Trinajstić information content (AvgIpc) is 2.80. The minimum Gasteiger partial charge on any atom is -0.299 e. The van der Waals surface area contributed by atoms with Crippen molar-refractivity contribution in [3.8, 4) is 6.07 Å². The maximum Gasteiger partial charge on any atom is 0.169 e. The van der Waals surface area contributed by atoms with Crippen LogP contribution in [-0.2, 0) is 6.42 Å². The highest BCUT2D eigenvalue weighted by atomic mass is 15.4. The summed E-state index contributed by atoms with van der Waals surface area (Å²) in [4.78, 5) is 9.26. The SMILES string of the molecule is N#CCc1nc(C2CN3CCN2CC3)n[nH]1. The van der Waals surface area contributed by atoms with Gasteiger partial charge in [0.2, 0.25) is 0 Å². The molecule has 1 aromatic rings. The summed E-state index contributed by atoms with van der Waals surface area (Å²) in [5, 5.41) is 15.6. The van der Waals surface area contributed by atoms with E-state index in [1.165, 1.54) is 0 Å². The first kappa shape index (κ1) is 9.75. The molecule has 6 nitrogen and oxygen atoms in total. The number of H-pyrrole nitrogens is 1. The molecule has 0 radical (unpaired) electrons. The lowest BCUT2D eigenvalue weighted by Gasteiger charge is -2.46. The smallest absolute Gasteiger partial charge is 0.169 e. The predicted octanol–water partition coefficient (Wildman–Crippen LogP) is -0.457. The van der Waals surface area contributed by atoms with E-state index in [-0.39, 0.29) is 0 Å². The van der Waals surface area contributed by atoms with Crippen molar-refractivity contribution in [1.82, 2.24) is 25.0 Å². The molecule has 0 spiro atoms. The summed E-state index contributed by atoms with van der Waals surface area (Å²) in [5.74, 6) is 1.52. The van der Waals surface area contributed by atoms with Gasteiger partial charge < -0.3 is 0 Å². The van der Waals surface area contributed by atoms with E-state index in [0.29, 0.717) is 18.3 Å². The first-order chi connectivity index (χ1) is 7.86. The Morgan fingerprint density at radius 2 is 2.19 bits per heavy atom. The first-order valence-electron chi connectivity index (χ1n) is 5.61. The molecule has 0 saturated carbocycles. The quantitative estimate of drug-likeness (QED) is 0.727. The van der Waals surface area contributed by atoms with E-state index in [1.807, 2.05) is 0 Å². The number of aromatic amines is 1. The topological polar surface area (TPSA) is 71.8 Å².